The second-order valence-electron chi connectivity index (χ2n) is 5.31. The molecule has 1 aromatic carbocycles. The lowest BCUT2D eigenvalue weighted by atomic mass is 9.86. The first-order valence-electron chi connectivity index (χ1n) is 7.10. The monoisotopic (exact) mass is 287 g/mol. The van der Waals surface area contributed by atoms with Crippen molar-refractivity contribution in [2.24, 2.45) is 0 Å². The Morgan fingerprint density at radius 2 is 2.00 bits per heavy atom. The van der Waals surface area contributed by atoms with Crippen LogP contribution in [0.5, 0.6) is 0 Å². The Morgan fingerprint density at radius 1 is 1.18 bits per heavy atom. The Morgan fingerprint density at radius 3 is 2.77 bits per heavy atom. The van der Waals surface area contributed by atoms with Gasteiger partial charge >= 0.3 is 0 Å². The first-order valence-corrected chi connectivity index (χ1v) is 7.10. The van der Waals surface area contributed by atoms with E-state index in [1.54, 1.807) is 6.20 Å². The molecule has 1 aliphatic carbocycles. The topological polar surface area (TPSA) is 91.4 Å². The van der Waals surface area contributed by atoms with Gasteiger partial charge in [0.05, 0.1) is 11.9 Å². The van der Waals surface area contributed by atoms with Gasteiger partial charge in [0, 0.05) is 16.8 Å². The number of hydrogen-bond donors (Lipinski definition) is 2. The smallest absolute Gasteiger partial charge is 0.142 e. The minimum atomic E-state index is 0.272. The number of anilines is 1. The van der Waals surface area contributed by atoms with Gasteiger partial charge in [0.25, 0.3) is 0 Å². The molecule has 0 aliphatic heterocycles. The number of nitrogens with two attached hydrogens (primary N) is 1. The number of aromatic amines is 1. The fraction of sp³-hybridized carbons (Fsp3) is 0.118. The summed E-state index contributed by atoms with van der Waals surface area (Å²) in [6, 6.07) is 12.1. The zero-order chi connectivity index (χ0) is 15.1. The van der Waals surface area contributed by atoms with E-state index in [0.717, 1.165) is 46.5 Å². The lowest BCUT2D eigenvalue weighted by molar-refractivity contribution is 0.876. The molecule has 0 fully saturated rings. The fourth-order valence-corrected chi connectivity index (χ4v) is 3.10. The van der Waals surface area contributed by atoms with Crippen LogP contribution in [0.25, 0.3) is 22.4 Å². The van der Waals surface area contributed by atoms with Crippen LogP contribution in [0.4, 0.5) is 5.82 Å². The van der Waals surface area contributed by atoms with Gasteiger partial charge in [-0.1, -0.05) is 30.3 Å². The molecule has 4 rings (SSSR count). The van der Waals surface area contributed by atoms with E-state index in [1.807, 2.05) is 30.3 Å². The van der Waals surface area contributed by atoms with Gasteiger partial charge in [0.2, 0.25) is 0 Å². The highest BCUT2D eigenvalue weighted by molar-refractivity contribution is 5.85. The quantitative estimate of drug-likeness (QED) is 0.719. The number of nitriles is 1. The van der Waals surface area contributed by atoms with Crippen molar-refractivity contribution in [3.05, 3.63) is 53.3 Å². The molecule has 5 heteroatoms. The number of aromatic nitrogens is 3. The van der Waals surface area contributed by atoms with Crippen LogP contribution in [-0.4, -0.2) is 15.2 Å². The van der Waals surface area contributed by atoms with Gasteiger partial charge in [0.1, 0.15) is 17.5 Å². The Hall–Kier alpha value is -3.13. The molecule has 3 N–H and O–H groups in total. The van der Waals surface area contributed by atoms with Gasteiger partial charge in [-0.25, -0.2) is 4.98 Å². The summed E-state index contributed by atoms with van der Waals surface area (Å²) in [6.07, 6.45) is 3.45. The third-order valence-corrected chi connectivity index (χ3v) is 4.10. The van der Waals surface area contributed by atoms with Crippen LogP contribution in [0.1, 0.15) is 16.8 Å². The molecule has 0 spiro atoms. The summed E-state index contributed by atoms with van der Waals surface area (Å²) in [4.78, 5) is 4.48. The van der Waals surface area contributed by atoms with Gasteiger partial charge in [-0.3, -0.25) is 5.10 Å². The van der Waals surface area contributed by atoms with Crippen LogP contribution in [-0.2, 0) is 12.8 Å². The van der Waals surface area contributed by atoms with Crippen molar-refractivity contribution in [1.82, 2.24) is 15.2 Å². The van der Waals surface area contributed by atoms with Gasteiger partial charge in [-0.2, -0.15) is 10.4 Å². The van der Waals surface area contributed by atoms with Crippen molar-refractivity contribution >= 4 is 5.82 Å². The third-order valence-electron chi connectivity index (χ3n) is 4.10. The lowest BCUT2D eigenvalue weighted by Gasteiger charge is -2.21. The Kier molecular flexibility index (Phi) is 2.70. The van der Waals surface area contributed by atoms with Crippen LogP contribution in [0.2, 0.25) is 0 Å². The van der Waals surface area contributed by atoms with E-state index in [2.05, 4.69) is 21.3 Å². The molecule has 0 bridgehead atoms. The fourth-order valence-electron chi connectivity index (χ4n) is 3.10. The Labute approximate surface area is 127 Å². The number of fused-ring (bicyclic) bond motifs is 3. The second-order valence-corrected chi connectivity index (χ2v) is 5.31. The number of nitrogens with one attached hydrogen (secondary N) is 1. The third kappa shape index (κ3) is 1.71. The van der Waals surface area contributed by atoms with Crippen LogP contribution in [0, 0.1) is 11.3 Å². The number of benzene rings is 1. The first-order chi connectivity index (χ1) is 10.8. The van der Waals surface area contributed by atoms with E-state index >= 15 is 0 Å². The molecule has 2 aromatic heterocycles. The van der Waals surface area contributed by atoms with E-state index in [1.165, 1.54) is 0 Å². The predicted octanol–water partition coefficient (Wildman–Crippen LogP) is 2.69. The molecule has 5 nitrogen and oxygen atoms in total. The Balaban J connectivity index is 2.09. The summed E-state index contributed by atoms with van der Waals surface area (Å²) >= 11 is 0. The lowest BCUT2D eigenvalue weighted by Crippen LogP contribution is -2.11. The summed E-state index contributed by atoms with van der Waals surface area (Å²) in [6.45, 7) is 0. The van der Waals surface area contributed by atoms with Crippen molar-refractivity contribution < 1.29 is 0 Å². The van der Waals surface area contributed by atoms with Gasteiger partial charge in [-0.05, 0) is 24.0 Å². The molecule has 0 unspecified atom stereocenters. The molecular weight excluding hydrogens is 274 g/mol. The number of H-pyrrole nitrogens is 1. The molecular formula is C17H13N5. The number of aryl methyl sites for hydroxylation is 1. The number of rotatable bonds is 1. The normalized spacial score (nSPS) is 12.3. The maximum atomic E-state index is 9.53. The summed E-state index contributed by atoms with van der Waals surface area (Å²) in [5.74, 6) is 0.272. The zero-order valence-electron chi connectivity index (χ0n) is 11.8. The second kappa shape index (κ2) is 4.71. The van der Waals surface area contributed by atoms with Crippen molar-refractivity contribution in [1.29, 1.82) is 5.26 Å². The van der Waals surface area contributed by atoms with Gasteiger partial charge < -0.3 is 5.73 Å². The molecule has 0 saturated heterocycles. The van der Waals surface area contributed by atoms with Crippen LogP contribution < -0.4 is 5.73 Å². The summed E-state index contributed by atoms with van der Waals surface area (Å²) in [7, 11) is 0. The van der Waals surface area contributed by atoms with E-state index in [9.17, 15) is 5.26 Å². The molecule has 106 valence electrons. The van der Waals surface area contributed by atoms with E-state index < -0.39 is 0 Å². The van der Waals surface area contributed by atoms with E-state index in [4.69, 9.17) is 5.73 Å². The summed E-state index contributed by atoms with van der Waals surface area (Å²) in [5.41, 5.74) is 12.4. The van der Waals surface area contributed by atoms with Crippen LogP contribution in [0.15, 0.2) is 36.5 Å². The number of pyridine rings is 1. The Bertz CT molecular complexity index is 903. The standard InChI is InChI=1S/C17H13N5/c18-8-12-15(10-4-2-1-3-5-10)11-6-7-14-13(9-20-22-14)16(11)21-17(12)19/h1-5,9H,6-7H2,(H2,19,21)(H,20,22). The van der Waals surface area contributed by atoms with Gasteiger partial charge in [0.15, 0.2) is 0 Å². The van der Waals surface area contributed by atoms with Crippen molar-refractivity contribution in [3.8, 4) is 28.5 Å². The SMILES string of the molecule is N#Cc1c(N)nc2c(c1-c1ccccc1)CCc1[nH]ncc1-2. The summed E-state index contributed by atoms with van der Waals surface area (Å²) < 4.78 is 0. The minimum Gasteiger partial charge on any atom is -0.383 e. The predicted molar refractivity (Wildman–Crippen MR) is 83.8 cm³/mol. The summed E-state index contributed by atoms with van der Waals surface area (Å²) in [5, 5.41) is 16.6. The molecule has 0 radical (unpaired) electrons. The average Bonchev–Trinajstić information content (AvgIpc) is 3.03. The minimum absolute atomic E-state index is 0.272. The first kappa shape index (κ1) is 12.6. The number of nitrogen functional groups attached to an aromatic ring is 1. The molecule has 3 aromatic rings. The zero-order valence-corrected chi connectivity index (χ0v) is 11.8. The molecule has 22 heavy (non-hydrogen) atoms. The van der Waals surface area contributed by atoms with Crippen LogP contribution >= 0.6 is 0 Å². The van der Waals surface area contributed by atoms with E-state index in [-0.39, 0.29) is 5.82 Å². The maximum Gasteiger partial charge on any atom is 0.142 e. The molecule has 1 aliphatic rings. The largest absolute Gasteiger partial charge is 0.383 e. The molecule has 0 atom stereocenters. The van der Waals surface area contributed by atoms with Crippen molar-refractivity contribution in [2.45, 2.75) is 12.8 Å². The van der Waals surface area contributed by atoms with E-state index in [0.29, 0.717) is 5.56 Å². The maximum absolute atomic E-state index is 9.53. The van der Waals surface area contributed by atoms with Gasteiger partial charge in [-0.15, -0.1) is 0 Å². The van der Waals surface area contributed by atoms with Crippen molar-refractivity contribution in [2.75, 3.05) is 5.73 Å². The highest BCUT2D eigenvalue weighted by atomic mass is 15.1. The van der Waals surface area contributed by atoms with Crippen molar-refractivity contribution in [3.63, 3.8) is 0 Å². The highest BCUT2D eigenvalue weighted by Crippen LogP contribution is 2.40. The highest BCUT2D eigenvalue weighted by Gasteiger charge is 2.26. The average molecular weight is 287 g/mol. The molecule has 2 heterocycles. The number of nitrogens with zero attached hydrogens (tertiary/aromatic N) is 3. The molecule has 0 saturated carbocycles. The van der Waals surface area contributed by atoms with Crippen LogP contribution in [0.3, 0.4) is 0 Å². The number of hydrogen-bond acceptors (Lipinski definition) is 4. The molecule has 0 amide bonds.